The summed E-state index contributed by atoms with van der Waals surface area (Å²) >= 11 is 0. The second kappa shape index (κ2) is 51.1. The molecule has 0 nitrogen and oxygen atoms in total. The molecule has 0 saturated heterocycles. The molecule has 0 N–H and O–H groups in total. The van der Waals surface area contributed by atoms with Crippen molar-refractivity contribution in [1.82, 2.24) is 0 Å². The maximum atomic E-state index is 0. The normalized spacial score (nSPS) is 0. The number of rotatable bonds is 0. The largest absolute Gasteiger partial charge is 0 e. The van der Waals surface area contributed by atoms with Gasteiger partial charge in [0.2, 0.25) is 0 Å². The first-order valence-electron chi connectivity index (χ1n) is 0. The molecule has 0 bridgehead atoms. The van der Waals surface area contributed by atoms with Crippen LogP contribution in [-0.4, -0.2) is 0 Å². The summed E-state index contributed by atoms with van der Waals surface area (Å²) in [6, 6.07) is 0. The molecular formula is Fe4Zn3. The van der Waals surface area contributed by atoms with Gasteiger partial charge in [-0.2, -0.15) is 0 Å². The van der Waals surface area contributed by atoms with Crippen molar-refractivity contribution in [3.05, 3.63) is 0 Å². The van der Waals surface area contributed by atoms with Crippen LogP contribution in [0.25, 0.3) is 0 Å². The minimum absolute atomic E-state index is 0. The standard InChI is InChI=1S/4Fe.3Zn. The molecule has 0 unspecified atom stereocenters. The summed E-state index contributed by atoms with van der Waals surface area (Å²) < 4.78 is 0. The molecule has 38 valence electrons. The van der Waals surface area contributed by atoms with Crippen LogP contribution in [0.2, 0.25) is 0 Å². The van der Waals surface area contributed by atoms with Gasteiger partial charge in [-0.1, -0.05) is 0 Å². The molecule has 7 heavy (non-hydrogen) atoms. The summed E-state index contributed by atoms with van der Waals surface area (Å²) in [5.74, 6) is 0. The van der Waals surface area contributed by atoms with E-state index in [9.17, 15) is 0 Å². The Labute approximate surface area is 124 Å². The molecule has 0 saturated carbocycles. The van der Waals surface area contributed by atoms with Gasteiger partial charge in [0.1, 0.15) is 0 Å². The Balaban J connectivity index is 0. The predicted molar refractivity (Wildman–Crippen MR) is 0 cm³/mol. The van der Waals surface area contributed by atoms with Crippen molar-refractivity contribution in [3.8, 4) is 0 Å². The summed E-state index contributed by atoms with van der Waals surface area (Å²) in [6.07, 6.45) is 0. The number of hydrogen-bond donors (Lipinski definition) is 0. The molecule has 0 aromatic heterocycles. The van der Waals surface area contributed by atoms with Crippen LogP contribution in [0.15, 0.2) is 0 Å². The molecule has 0 rings (SSSR count). The second-order valence-corrected chi connectivity index (χ2v) is 0. The van der Waals surface area contributed by atoms with Gasteiger partial charge in [0.05, 0.1) is 0 Å². The van der Waals surface area contributed by atoms with Crippen molar-refractivity contribution in [2.75, 3.05) is 0 Å². The van der Waals surface area contributed by atoms with Gasteiger partial charge in [0, 0.05) is 127 Å². The van der Waals surface area contributed by atoms with E-state index in [1.54, 1.807) is 0 Å². The molecule has 0 heterocycles. The molecule has 0 radical (unpaired) electrons. The summed E-state index contributed by atoms with van der Waals surface area (Å²) in [6.45, 7) is 0. The van der Waals surface area contributed by atoms with Crippen molar-refractivity contribution in [3.63, 3.8) is 0 Å². The van der Waals surface area contributed by atoms with E-state index in [1.807, 2.05) is 0 Å². The van der Waals surface area contributed by atoms with Gasteiger partial charge in [-0.25, -0.2) is 0 Å². The molecule has 0 aliphatic rings. The molecule has 0 aromatic carbocycles. The third kappa shape index (κ3) is 40.3. The first kappa shape index (κ1) is 69.5. The summed E-state index contributed by atoms with van der Waals surface area (Å²) in [5.41, 5.74) is 0. The van der Waals surface area contributed by atoms with Crippen molar-refractivity contribution < 1.29 is 127 Å². The first-order chi connectivity index (χ1) is 0. The van der Waals surface area contributed by atoms with E-state index in [1.165, 1.54) is 0 Å². The maximum Gasteiger partial charge on any atom is 0 e. The quantitative estimate of drug-likeness (QED) is 0.485. The predicted octanol–water partition coefficient (Wildman–Crippen LogP) is -0.0175. The van der Waals surface area contributed by atoms with Crippen LogP contribution in [0.5, 0.6) is 0 Å². The van der Waals surface area contributed by atoms with E-state index in [2.05, 4.69) is 0 Å². The van der Waals surface area contributed by atoms with E-state index >= 15 is 0 Å². The zero-order chi connectivity index (χ0) is 0. The fourth-order valence-electron chi connectivity index (χ4n) is 0. The Hall–Kier alpha value is 3.95. The van der Waals surface area contributed by atoms with Crippen LogP contribution >= 0.6 is 0 Å². The molecule has 0 atom stereocenters. The van der Waals surface area contributed by atoms with Crippen LogP contribution in [0, 0.1) is 0 Å². The fraction of sp³-hybridized carbons (Fsp3) is 0. The van der Waals surface area contributed by atoms with Crippen molar-refractivity contribution in [2.24, 2.45) is 0 Å². The minimum atomic E-state index is 0. The SMILES string of the molecule is [Fe].[Fe].[Fe].[Fe].[Zn].[Zn].[Zn]. The Bertz CT molecular complexity index is 6.90. The van der Waals surface area contributed by atoms with Crippen LogP contribution in [-0.2, 0) is 127 Å². The molecule has 7 heteroatoms. The third-order valence-corrected chi connectivity index (χ3v) is 0. The average molecular weight is 420 g/mol. The summed E-state index contributed by atoms with van der Waals surface area (Å²) in [7, 11) is 0. The van der Waals surface area contributed by atoms with E-state index in [4.69, 9.17) is 0 Å². The zero-order valence-corrected chi connectivity index (χ0v) is 16.9. The van der Waals surface area contributed by atoms with Gasteiger partial charge < -0.3 is 0 Å². The molecular weight excluding hydrogens is 420 g/mol. The van der Waals surface area contributed by atoms with E-state index < -0.39 is 0 Å². The van der Waals surface area contributed by atoms with Gasteiger partial charge >= 0.3 is 0 Å². The first-order valence-corrected chi connectivity index (χ1v) is 0. The van der Waals surface area contributed by atoms with Crippen LogP contribution in [0.4, 0.5) is 0 Å². The average Bonchev–Trinajstić information content (AvgIpc) is 0. The molecule has 0 amide bonds. The van der Waals surface area contributed by atoms with Crippen molar-refractivity contribution in [1.29, 1.82) is 0 Å². The summed E-state index contributed by atoms with van der Waals surface area (Å²) in [4.78, 5) is 0. The van der Waals surface area contributed by atoms with E-state index in [0.29, 0.717) is 0 Å². The van der Waals surface area contributed by atoms with E-state index in [0.717, 1.165) is 0 Å². The smallest absolute Gasteiger partial charge is 0 e. The van der Waals surface area contributed by atoms with Gasteiger partial charge in [0.25, 0.3) is 0 Å². The minimum Gasteiger partial charge on any atom is 0 e. The van der Waals surface area contributed by atoms with Crippen molar-refractivity contribution >= 4 is 0 Å². The van der Waals surface area contributed by atoms with Crippen LogP contribution in [0.3, 0.4) is 0 Å². The molecule has 0 spiro atoms. The fourth-order valence-corrected chi connectivity index (χ4v) is 0. The van der Waals surface area contributed by atoms with E-state index in [-0.39, 0.29) is 127 Å². The van der Waals surface area contributed by atoms with Gasteiger partial charge in [-0.15, -0.1) is 0 Å². The monoisotopic (exact) mass is 416 g/mol. The van der Waals surface area contributed by atoms with Crippen LogP contribution < -0.4 is 0 Å². The topological polar surface area (TPSA) is 0 Å². The zero-order valence-electron chi connectivity index (χ0n) is 3.54. The Kier molecular flexibility index (Phi) is 507. The molecule has 0 aliphatic carbocycles. The van der Waals surface area contributed by atoms with Gasteiger partial charge in [-0.05, 0) is 0 Å². The molecule has 0 aromatic rings. The van der Waals surface area contributed by atoms with Gasteiger partial charge in [-0.3, -0.25) is 0 Å². The van der Waals surface area contributed by atoms with Crippen LogP contribution in [0.1, 0.15) is 0 Å². The molecule has 0 aliphatic heterocycles. The Morgan fingerprint density at radius 2 is 0.286 bits per heavy atom. The third-order valence-electron chi connectivity index (χ3n) is 0. The molecule has 0 fully saturated rings. The Morgan fingerprint density at radius 3 is 0.286 bits per heavy atom. The van der Waals surface area contributed by atoms with Crippen molar-refractivity contribution in [2.45, 2.75) is 0 Å². The second-order valence-electron chi connectivity index (χ2n) is 0. The number of hydrogen-bond acceptors (Lipinski definition) is 0. The van der Waals surface area contributed by atoms with Gasteiger partial charge in [0.15, 0.2) is 0 Å². The summed E-state index contributed by atoms with van der Waals surface area (Å²) in [5, 5.41) is 0. The Morgan fingerprint density at radius 1 is 0.286 bits per heavy atom. The maximum absolute atomic E-state index is 0.